The van der Waals surface area contributed by atoms with Gasteiger partial charge in [0, 0.05) is 18.1 Å². The van der Waals surface area contributed by atoms with E-state index in [0.29, 0.717) is 22.4 Å². The monoisotopic (exact) mass is 379 g/mol. The van der Waals surface area contributed by atoms with Crippen LogP contribution in [0.3, 0.4) is 0 Å². The minimum absolute atomic E-state index is 0.353. The molecule has 0 spiro atoms. The highest BCUT2D eigenvalue weighted by atomic mass is 16.5. The molecule has 0 bridgehead atoms. The number of aliphatic hydroxyl groups is 1. The zero-order valence-corrected chi connectivity index (χ0v) is 15.8. The van der Waals surface area contributed by atoms with Gasteiger partial charge in [-0.05, 0) is 44.2 Å². The maximum Gasteiger partial charge on any atom is 0.272 e. The Bertz CT molecular complexity index is 950. The Morgan fingerprint density at radius 3 is 2.50 bits per heavy atom. The SMILES string of the molecule is CC(=O)NN(C(=O)c1ccccc1)[C@@H]1c2cc(C#N)ccc2OC(C)(C)[C@H]1O. The van der Waals surface area contributed by atoms with Gasteiger partial charge in [0.2, 0.25) is 5.91 Å². The molecule has 1 heterocycles. The van der Waals surface area contributed by atoms with E-state index in [-0.39, 0.29) is 0 Å². The minimum atomic E-state index is -1.16. The third-order valence-electron chi connectivity index (χ3n) is 4.64. The second-order valence-corrected chi connectivity index (χ2v) is 7.17. The lowest BCUT2D eigenvalue weighted by molar-refractivity contribution is -0.129. The topological polar surface area (TPSA) is 103 Å². The molecule has 28 heavy (non-hydrogen) atoms. The van der Waals surface area contributed by atoms with Crippen LogP contribution in [-0.2, 0) is 4.79 Å². The molecule has 1 aliphatic heterocycles. The lowest BCUT2D eigenvalue weighted by atomic mass is 9.85. The Morgan fingerprint density at radius 2 is 1.89 bits per heavy atom. The van der Waals surface area contributed by atoms with Crippen molar-refractivity contribution in [2.45, 2.75) is 38.5 Å². The summed E-state index contributed by atoms with van der Waals surface area (Å²) in [7, 11) is 0. The average Bonchev–Trinajstić information content (AvgIpc) is 2.67. The molecular formula is C21H21N3O4. The molecule has 2 aromatic rings. The van der Waals surface area contributed by atoms with Crippen molar-refractivity contribution in [3.8, 4) is 11.8 Å². The van der Waals surface area contributed by atoms with Crippen LogP contribution < -0.4 is 10.2 Å². The number of benzene rings is 2. The van der Waals surface area contributed by atoms with Gasteiger partial charge in [0.15, 0.2) is 0 Å². The molecule has 0 saturated carbocycles. The van der Waals surface area contributed by atoms with Gasteiger partial charge in [-0.1, -0.05) is 18.2 Å². The molecule has 7 nitrogen and oxygen atoms in total. The zero-order chi connectivity index (χ0) is 20.5. The van der Waals surface area contributed by atoms with Gasteiger partial charge in [0.25, 0.3) is 5.91 Å². The second kappa shape index (κ2) is 7.33. The highest BCUT2D eigenvalue weighted by Gasteiger charge is 2.47. The first-order valence-electron chi connectivity index (χ1n) is 8.81. The van der Waals surface area contributed by atoms with Gasteiger partial charge in [0.05, 0.1) is 11.6 Å². The lowest BCUT2D eigenvalue weighted by Crippen LogP contribution is -2.58. The average molecular weight is 379 g/mol. The number of carbonyl (C=O) groups excluding carboxylic acids is 2. The van der Waals surface area contributed by atoms with Crippen molar-refractivity contribution in [1.29, 1.82) is 5.26 Å². The molecule has 144 valence electrons. The molecule has 0 unspecified atom stereocenters. The summed E-state index contributed by atoms with van der Waals surface area (Å²) in [6.45, 7) is 4.68. The first-order chi connectivity index (χ1) is 13.2. The molecule has 2 aromatic carbocycles. The van der Waals surface area contributed by atoms with Crippen molar-refractivity contribution in [2.24, 2.45) is 0 Å². The van der Waals surface area contributed by atoms with Crippen LogP contribution in [0.25, 0.3) is 0 Å². The number of nitrogens with zero attached hydrogens (tertiary/aromatic N) is 2. The molecule has 0 aromatic heterocycles. The smallest absolute Gasteiger partial charge is 0.272 e. The van der Waals surface area contributed by atoms with Gasteiger partial charge < -0.3 is 9.84 Å². The molecule has 2 amide bonds. The molecule has 2 N–H and O–H groups in total. The maximum atomic E-state index is 13.2. The van der Waals surface area contributed by atoms with E-state index in [9.17, 15) is 20.0 Å². The predicted molar refractivity (Wildman–Crippen MR) is 101 cm³/mol. The Hall–Kier alpha value is -3.37. The summed E-state index contributed by atoms with van der Waals surface area (Å²) in [4.78, 5) is 25.1. The number of hydrogen-bond acceptors (Lipinski definition) is 5. The number of rotatable bonds is 2. The molecule has 0 aliphatic carbocycles. The van der Waals surface area contributed by atoms with Crippen molar-refractivity contribution >= 4 is 11.8 Å². The quantitative estimate of drug-likeness (QED) is 0.780. The van der Waals surface area contributed by atoms with E-state index in [1.165, 1.54) is 6.92 Å². The van der Waals surface area contributed by atoms with E-state index < -0.39 is 29.6 Å². The number of nitriles is 1. The third kappa shape index (κ3) is 3.55. The highest BCUT2D eigenvalue weighted by Crippen LogP contribution is 2.43. The van der Waals surface area contributed by atoms with Gasteiger partial charge in [-0.15, -0.1) is 0 Å². The minimum Gasteiger partial charge on any atom is -0.485 e. The van der Waals surface area contributed by atoms with Crippen molar-refractivity contribution in [1.82, 2.24) is 10.4 Å². The Labute approximate surface area is 163 Å². The van der Waals surface area contributed by atoms with Crippen molar-refractivity contribution in [3.05, 3.63) is 65.2 Å². The molecule has 0 radical (unpaired) electrons. The molecule has 2 atom stereocenters. The van der Waals surface area contributed by atoms with Crippen molar-refractivity contribution in [2.75, 3.05) is 0 Å². The van der Waals surface area contributed by atoms with Gasteiger partial charge in [-0.2, -0.15) is 5.26 Å². The van der Waals surface area contributed by atoms with E-state index in [0.717, 1.165) is 5.01 Å². The first-order valence-corrected chi connectivity index (χ1v) is 8.81. The standard InChI is InChI=1S/C21H21N3O4/c1-13(25)23-24(20(27)15-7-5-4-6-8-15)18-16-11-14(12-22)9-10-17(16)28-21(2,3)19(18)26/h4-11,18-19,26H,1-3H3,(H,23,25)/t18-,19+/m1/s1. The van der Waals surface area contributed by atoms with Gasteiger partial charge in [-0.25, -0.2) is 5.01 Å². The van der Waals surface area contributed by atoms with Crippen LogP contribution in [0.5, 0.6) is 5.75 Å². The van der Waals surface area contributed by atoms with Gasteiger partial charge in [0.1, 0.15) is 23.5 Å². The lowest BCUT2D eigenvalue weighted by Gasteiger charge is -2.45. The van der Waals surface area contributed by atoms with E-state index in [1.807, 2.05) is 6.07 Å². The van der Waals surface area contributed by atoms with Crippen LogP contribution in [0.1, 0.15) is 48.3 Å². The molecule has 7 heteroatoms. The summed E-state index contributed by atoms with van der Waals surface area (Å²) in [5.41, 5.74) is 2.67. The summed E-state index contributed by atoms with van der Waals surface area (Å²) in [5, 5.41) is 21.4. The van der Waals surface area contributed by atoms with Crippen LogP contribution in [0.15, 0.2) is 48.5 Å². The highest BCUT2D eigenvalue weighted by molar-refractivity contribution is 5.95. The fourth-order valence-electron chi connectivity index (χ4n) is 3.25. The van der Waals surface area contributed by atoms with Crippen LogP contribution in [0.2, 0.25) is 0 Å². The Balaban J connectivity index is 2.16. The van der Waals surface area contributed by atoms with Crippen LogP contribution >= 0.6 is 0 Å². The normalized spacial score (nSPS) is 19.5. The Morgan fingerprint density at radius 1 is 1.21 bits per heavy atom. The van der Waals surface area contributed by atoms with Crippen LogP contribution in [0.4, 0.5) is 0 Å². The number of hydrogen-bond donors (Lipinski definition) is 2. The summed E-state index contributed by atoms with van der Waals surface area (Å²) in [6.07, 6.45) is -1.16. The number of carbonyl (C=O) groups is 2. The van der Waals surface area contributed by atoms with E-state index in [1.54, 1.807) is 62.4 Å². The predicted octanol–water partition coefficient (Wildman–Crippen LogP) is 2.32. The first kappa shape index (κ1) is 19.4. The third-order valence-corrected chi connectivity index (χ3v) is 4.64. The molecule has 3 rings (SSSR count). The number of hydrazine groups is 1. The van der Waals surface area contributed by atoms with E-state index in [4.69, 9.17) is 4.74 Å². The van der Waals surface area contributed by atoms with Crippen molar-refractivity contribution in [3.63, 3.8) is 0 Å². The Kier molecular flexibility index (Phi) is 5.08. The molecule has 0 fully saturated rings. The summed E-state index contributed by atoms with van der Waals surface area (Å²) < 4.78 is 5.89. The number of nitrogens with one attached hydrogen (secondary N) is 1. The second-order valence-electron chi connectivity index (χ2n) is 7.17. The fourth-order valence-corrected chi connectivity index (χ4v) is 3.25. The van der Waals surface area contributed by atoms with Crippen LogP contribution in [0, 0.1) is 11.3 Å². The number of amides is 2. The summed E-state index contributed by atoms with van der Waals surface area (Å²) in [6, 6.07) is 14.4. The van der Waals surface area contributed by atoms with Gasteiger partial charge in [-0.3, -0.25) is 15.0 Å². The number of fused-ring (bicyclic) bond motifs is 1. The molecule has 1 aliphatic rings. The van der Waals surface area contributed by atoms with E-state index in [2.05, 4.69) is 5.43 Å². The molecular weight excluding hydrogens is 358 g/mol. The molecule has 0 saturated heterocycles. The summed E-state index contributed by atoms with van der Waals surface area (Å²) in [5.74, 6) is -0.500. The van der Waals surface area contributed by atoms with Gasteiger partial charge >= 0.3 is 0 Å². The maximum absolute atomic E-state index is 13.2. The van der Waals surface area contributed by atoms with E-state index >= 15 is 0 Å². The fraction of sp³-hybridized carbons (Fsp3) is 0.286. The number of aliphatic hydroxyl groups excluding tert-OH is 1. The van der Waals surface area contributed by atoms with Crippen molar-refractivity contribution < 1.29 is 19.4 Å². The summed E-state index contributed by atoms with van der Waals surface area (Å²) >= 11 is 0. The largest absolute Gasteiger partial charge is 0.485 e. The van der Waals surface area contributed by atoms with Crippen LogP contribution in [-0.4, -0.2) is 33.6 Å². The zero-order valence-electron chi connectivity index (χ0n) is 15.8. The number of ether oxygens (including phenoxy) is 1.